The average molecular weight is 325 g/mol. The topological polar surface area (TPSA) is 127 Å². The Hall–Kier alpha value is -2.71. The molecule has 0 fully saturated rings. The Balaban J connectivity index is 3.62. The monoisotopic (exact) mass is 325 g/mol. The molecule has 0 saturated heterocycles. The van der Waals surface area contributed by atoms with E-state index in [9.17, 15) is 25.0 Å². The van der Waals surface area contributed by atoms with Gasteiger partial charge in [0.05, 0.1) is 22.3 Å². The summed E-state index contributed by atoms with van der Waals surface area (Å²) in [6.07, 6.45) is 0.906. The highest BCUT2D eigenvalue weighted by molar-refractivity contribution is 5.79. The highest BCUT2D eigenvalue weighted by Crippen LogP contribution is 2.37. The van der Waals surface area contributed by atoms with Gasteiger partial charge in [0.15, 0.2) is 0 Å². The van der Waals surface area contributed by atoms with Crippen molar-refractivity contribution >= 4 is 23.0 Å². The van der Waals surface area contributed by atoms with Crippen molar-refractivity contribution in [3.05, 3.63) is 37.9 Å². The second-order valence-electron chi connectivity index (χ2n) is 5.04. The van der Waals surface area contributed by atoms with Crippen LogP contribution >= 0.6 is 0 Å². The van der Waals surface area contributed by atoms with Crippen molar-refractivity contribution in [2.75, 3.05) is 18.0 Å². The Labute approximate surface area is 132 Å². The number of rotatable bonds is 9. The van der Waals surface area contributed by atoms with Crippen LogP contribution in [0.1, 0.15) is 32.3 Å². The molecular weight excluding hydrogens is 306 g/mol. The number of nitro groups is 2. The normalized spacial score (nSPS) is 10.3. The van der Waals surface area contributed by atoms with Gasteiger partial charge in [0.25, 0.3) is 11.4 Å². The fourth-order valence-electron chi connectivity index (χ4n) is 2.44. The zero-order valence-electron chi connectivity index (χ0n) is 13.0. The van der Waals surface area contributed by atoms with Gasteiger partial charge in [0.1, 0.15) is 5.69 Å². The Morgan fingerprint density at radius 3 is 2.09 bits per heavy atom. The van der Waals surface area contributed by atoms with Crippen LogP contribution in [-0.2, 0) is 11.2 Å². The molecule has 0 spiro atoms. The van der Waals surface area contributed by atoms with Crippen LogP contribution in [-0.4, -0.2) is 34.0 Å². The number of carbonyl (C=O) groups is 1. The lowest BCUT2D eigenvalue weighted by molar-refractivity contribution is -0.393. The van der Waals surface area contributed by atoms with Crippen molar-refractivity contribution in [3.63, 3.8) is 0 Å². The van der Waals surface area contributed by atoms with Crippen molar-refractivity contribution in [2.45, 2.75) is 33.1 Å². The standard InChI is InChI=1S/C14H19N3O6/c1-3-5-15(6-4-2)14-10(8-13(18)19)7-11(16(20)21)9-12(14)17(22)23/h7,9H,3-6,8H2,1-2H3,(H,18,19). The number of carboxylic acid groups (broad SMARTS) is 1. The molecule has 1 aromatic rings. The van der Waals surface area contributed by atoms with Gasteiger partial charge in [-0.05, 0) is 12.8 Å². The van der Waals surface area contributed by atoms with Gasteiger partial charge in [-0.2, -0.15) is 0 Å². The summed E-state index contributed by atoms with van der Waals surface area (Å²) in [5, 5.41) is 31.4. The second-order valence-corrected chi connectivity index (χ2v) is 5.04. The molecule has 9 nitrogen and oxygen atoms in total. The summed E-state index contributed by atoms with van der Waals surface area (Å²) in [5.41, 5.74) is -0.672. The van der Waals surface area contributed by atoms with Crippen molar-refractivity contribution in [1.29, 1.82) is 0 Å². The van der Waals surface area contributed by atoms with Crippen LogP contribution in [0, 0.1) is 20.2 Å². The fourth-order valence-corrected chi connectivity index (χ4v) is 2.44. The van der Waals surface area contributed by atoms with Crippen molar-refractivity contribution in [2.24, 2.45) is 0 Å². The summed E-state index contributed by atoms with van der Waals surface area (Å²) in [7, 11) is 0. The highest BCUT2D eigenvalue weighted by atomic mass is 16.6. The second kappa shape index (κ2) is 8.06. The largest absolute Gasteiger partial charge is 0.481 e. The van der Waals surface area contributed by atoms with Gasteiger partial charge in [-0.1, -0.05) is 13.8 Å². The SMILES string of the molecule is CCCN(CCC)c1c(CC(=O)O)cc([N+](=O)[O-])cc1[N+](=O)[O-]. The highest BCUT2D eigenvalue weighted by Gasteiger charge is 2.28. The molecule has 9 heteroatoms. The molecular formula is C14H19N3O6. The minimum Gasteiger partial charge on any atom is -0.481 e. The molecule has 0 saturated carbocycles. The molecule has 0 heterocycles. The van der Waals surface area contributed by atoms with E-state index >= 15 is 0 Å². The maximum atomic E-state index is 11.4. The summed E-state index contributed by atoms with van der Waals surface area (Å²) < 4.78 is 0. The number of non-ortho nitro benzene ring substituents is 1. The molecule has 0 amide bonds. The Bertz CT molecular complexity index is 611. The molecule has 1 rings (SSSR count). The Morgan fingerprint density at radius 1 is 1.13 bits per heavy atom. The molecule has 0 radical (unpaired) electrons. The summed E-state index contributed by atoms with van der Waals surface area (Å²) in [5.74, 6) is -1.20. The summed E-state index contributed by atoms with van der Waals surface area (Å²) in [6, 6.07) is 1.99. The van der Waals surface area contributed by atoms with E-state index in [-0.39, 0.29) is 11.3 Å². The lowest BCUT2D eigenvalue weighted by atomic mass is 10.0. The van der Waals surface area contributed by atoms with E-state index in [0.29, 0.717) is 25.9 Å². The molecule has 0 aliphatic rings. The maximum absolute atomic E-state index is 11.4. The number of aliphatic carboxylic acids is 1. The van der Waals surface area contributed by atoms with Crippen LogP contribution in [0.15, 0.2) is 12.1 Å². The minimum atomic E-state index is -1.20. The number of hydrogen-bond acceptors (Lipinski definition) is 6. The van der Waals surface area contributed by atoms with E-state index in [1.807, 2.05) is 13.8 Å². The van der Waals surface area contributed by atoms with Crippen molar-refractivity contribution in [1.82, 2.24) is 0 Å². The number of nitrogens with zero attached hydrogens (tertiary/aromatic N) is 3. The van der Waals surface area contributed by atoms with E-state index in [0.717, 1.165) is 12.1 Å². The van der Waals surface area contributed by atoms with E-state index in [1.54, 1.807) is 4.90 Å². The number of nitro benzene ring substituents is 2. The van der Waals surface area contributed by atoms with Gasteiger partial charge in [-0.25, -0.2) is 0 Å². The van der Waals surface area contributed by atoms with Gasteiger partial charge < -0.3 is 10.0 Å². The third-order valence-electron chi connectivity index (χ3n) is 3.21. The van der Waals surface area contributed by atoms with Gasteiger partial charge in [-0.15, -0.1) is 0 Å². The Morgan fingerprint density at radius 2 is 1.70 bits per heavy atom. The number of anilines is 1. The van der Waals surface area contributed by atoms with E-state index in [4.69, 9.17) is 5.11 Å². The lowest BCUT2D eigenvalue weighted by Crippen LogP contribution is -2.27. The molecule has 0 aromatic heterocycles. The van der Waals surface area contributed by atoms with Crippen LogP contribution in [0.4, 0.5) is 17.1 Å². The maximum Gasteiger partial charge on any atom is 0.307 e. The summed E-state index contributed by atoms with van der Waals surface area (Å²) in [6.45, 7) is 4.80. The molecule has 23 heavy (non-hydrogen) atoms. The zero-order valence-corrected chi connectivity index (χ0v) is 13.0. The van der Waals surface area contributed by atoms with Gasteiger partial charge in [0, 0.05) is 24.7 Å². The van der Waals surface area contributed by atoms with Crippen LogP contribution in [0.3, 0.4) is 0 Å². The molecule has 0 unspecified atom stereocenters. The third kappa shape index (κ3) is 4.63. The summed E-state index contributed by atoms with van der Waals surface area (Å²) >= 11 is 0. The quantitative estimate of drug-likeness (QED) is 0.546. The molecule has 0 aliphatic carbocycles. The fraction of sp³-hybridized carbons (Fsp3) is 0.500. The van der Waals surface area contributed by atoms with Crippen LogP contribution < -0.4 is 4.90 Å². The van der Waals surface area contributed by atoms with E-state index in [1.165, 1.54) is 0 Å². The molecule has 0 aliphatic heterocycles. The molecule has 1 aromatic carbocycles. The Kier molecular flexibility index (Phi) is 6.43. The van der Waals surface area contributed by atoms with Gasteiger partial charge >= 0.3 is 5.97 Å². The smallest absolute Gasteiger partial charge is 0.307 e. The van der Waals surface area contributed by atoms with E-state index in [2.05, 4.69) is 0 Å². The number of hydrogen-bond donors (Lipinski definition) is 1. The number of benzene rings is 1. The predicted octanol–water partition coefficient (Wildman–Crippen LogP) is 2.76. The first kappa shape index (κ1) is 18.3. The van der Waals surface area contributed by atoms with Crippen molar-refractivity contribution < 1.29 is 19.7 Å². The van der Waals surface area contributed by atoms with Crippen LogP contribution in [0.5, 0.6) is 0 Å². The van der Waals surface area contributed by atoms with E-state index < -0.39 is 33.6 Å². The summed E-state index contributed by atoms with van der Waals surface area (Å²) in [4.78, 5) is 33.7. The first-order valence-corrected chi connectivity index (χ1v) is 7.24. The van der Waals surface area contributed by atoms with Gasteiger partial charge in [0.2, 0.25) is 0 Å². The zero-order chi connectivity index (χ0) is 17.6. The number of carboxylic acids is 1. The third-order valence-corrected chi connectivity index (χ3v) is 3.21. The first-order chi connectivity index (χ1) is 10.8. The lowest BCUT2D eigenvalue weighted by Gasteiger charge is -2.25. The minimum absolute atomic E-state index is 0.0836. The van der Waals surface area contributed by atoms with Crippen molar-refractivity contribution in [3.8, 4) is 0 Å². The molecule has 1 N–H and O–H groups in total. The molecule has 0 atom stereocenters. The van der Waals surface area contributed by atoms with Gasteiger partial charge in [-0.3, -0.25) is 25.0 Å². The predicted molar refractivity (Wildman–Crippen MR) is 83.9 cm³/mol. The van der Waals surface area contributed by atoms with Crippen LogP contribution in [0.2, 0.25) is 0 Å². The molecule has 126 valence electrons. The van der Waals surface area contributed by atoms with Crippen LogP contribution in [0.25, 0.3) is 0 Å². The molecule has 0 bridgehead atoms. The average Bonchev–Trinajstić information content (AvgIpc) is 2.45. The first-order valence-electron chi connectivity index (χ1n) is 7.24.